The van der Waals surface area contributed by atoms with E-state index in [0.717, 1.165) is 30.0 Å². The van der Waals surface area contributed by atoms with Gasteiger partial charge in [0.15, 0.2) is 5.17 Å². The molecule has 1 aromatic heterocycles. The molecule has 2 aliphatic rings. The van der Waals surface area contributed by atoms with Crippen LogP contribution in [0.2, 0.25) is 0 Å². The average Bonchev–Trinajstić information content (AvgIpc) is 3.27. The van der Waals surface area contributed by atoms with Crippen molar-refractivity contribution >= 4 is 34.7 Å². The number of ether oxygens (including phenoxy) is 1. The molecule has 0 unspecified atom stereocenters. The lowest BCUT2D eigenvalue weighted by Gasteiger charge is -2.45. The number of nitrogens with one attached hydrogen (secondary N) is 1. The molecular formula is C29H23F6N3O2S. The van der Waals surface area contributed by atoms with Gasteiger partial charge in [-0.1, -0.05) is 55.1 Å². The molecule has 1 amide bonds. The standard InChI is InChI=1S/C29H23F6N3O2S/c1-27-16-41-26(37-25(39)18-7-3-2-4-8-18)38-28(27,15-40-23(27)24(31)32)19-9-5-6-17(12-19)13-21(30)22-11-10-20(14-36-22)29(33,34)35/h2-14,23-24H,15-16H2,1H3,(H,37,38,39)/b21-13-/t23-,27-,28-/m1/s1. The lowest BCUT2D eigenvalue weighted by molar-refractivity contribution is -0.137. The molecule has 0 aliphatic carbocycles. The van der Waals surface area contributed by atoms with Gasteiger partial charge in [0, 0.05) is 22.9 Å². The van der Waals surface area contributed by atoms with Crippen LogP contribution in [0.5, 0.6) is 0 Å². The van der Waals surface area contributed by atoms with E-state index in [1.807, 2.05) is 0 Å². The summed E-state index contributed by atoms with van der Waals surface area (Å²) in [6.45, 7) is 1.44. The van der Waals surface area contributed by atoms with Crippen LogP contribution in [0.15, 0.2) is 77.9 Å². The number of hydrogen-bond donors (Lipinski definition) is 1. The highest BCUT2D eigenvalue weighted by atomic mass is 32.2. The van der Waals surface area contributed by atoms with Crippen LogP contribution in [0.25, 0.3) is 11.9 Å². The summed E-state index contributed by atoms with van der Waals surface area (Å²) in [5.41, 5.74) is -2.68. The summed E-state index contributed by atoms with van der Waals surface area (Å²) in [7, 11) is 0. The van der Waals surface area contributed by atoms with Gasteiger partial charge < -0.3 is 10.1 Å². The second kappa shape index (κ2) is 11.0. The van der Waals surface area contributed by atoms with E-state index in [1.165, 1.54) is 0 Å². The number of hydrogen-bond acceptors (Lipinski definition) is 5. The molecule has 12 heteroatoms. The van der Waals surface area contributed by atoms with Crippen molar-refractivity contribution in [2.75, 3.05) is 12.4 Å². The third-order valence-corrected chi connectivity index (χ3v) is 8.53. The summed E-state index contributed by atoms with van der Waals surface area (Å²) in [5, 5.41) is 2.99. The van der Waals surface area contributed by atoms with Gasteiger partial charge in [-0.25, -0.2) is 18.2 Å². The third-order valence-electron chi connectivity index (χ3n) is 7.32. The van der Waals surface area contributed by atoms with Crippen molar-refractivity contribution in [2.24, 2.45) is 10.4 Å². The van der Waals surface area contributed by atoms with E-state index in [0.29, 0.717) is 22.9 Å². The number of alkyl halides is 5. The molecule has 3 atom stereocenters. The molecule has 41 heavy (non-hydrogen) atoms. The first-order chi connectivity index (χ1) is 19.4. The first-order valence-corrected chi connectivity index (χ1v) is 13.4. The van der Waals surface area contributed by atoms with Gasteiger partial charge in [-0.3, -0.25) is 9.78 Å². The Bertz CT molecular complexity index is 1500. The molecule has 2 aromatic carbocycles. The number of pyridine rings is 1. The Labute approximate surface area is 235 Å². The molecule has 214 valence electrons. The maximum atomic E-state index is 15.0. The van der Waals surface area contributed by atoms with Crippen molar-refractivity contribution in [1.82, 2.24) is 10.3 Å². The fourth-order valence-electron chi connectivity index (χ4n) is 5.04. The van der Waals surface area contributed by atoms with Gasteiger partial charge in [-0.15, -0.1) is 0 Å². The molecule has 0 saturated carbocycles. The Hall–Kier alpha value is -3.64. The van der Waals surface area contributed by atoms with E-state index in [4.69, 9.17) is 9.73 Å². The number of nitrogens with zero attached hydrogens (tertiary/aromatic N) is 2. The third kappa shape index (κ3) is 5.50. The second-order valence-electron chi connectivity index (χ2n) is 9.92. The predicted molar refractivity (Wildman–Crippen MR) is 144 cm³/mol. The largest absolute Gasteiger partial charge is 0.417 e. The van der Waals surface area contributed by atoms with Gasteiger partial charge in [-0.05, 0) is 47.5 Å². The summed E-state index contributed by atoms with van der Waals surface area (Å²) >= 11 is 1.14. The van der Waals surface area contributed by atoms with Crippen LogP contribution in [0.1, 0.15) is 39.7 Å². The minimum Gasteiger partial charge on any atom is -0.369 e. The minimum absolute atomic E-state index is 0.153. The summed E-state index contributed by atoms with van der Waals surface area (Å²) < 4.78 is 87.4. The van der Waals surface area contributed by atoms with E-state index >= 15 is 4.39 Å². The van der Waals surface area contributed by atoms with Gasteiger partial charge in [0.1, 0.15) is 17.5 Å². The summed E-state index contributed by atoms with van der Waals surface area (Å²) in [5.74, 6) is -1.15. The average molecular weight is 592 g/mol. The van der Waals surface area contributed by atoms with Crippen LogP contribution in [0.3, 0.4) is 0 Å². The number of amidine groups is 1. The number of benzene rings is 2. The van der Waals surface area contributed by atoms with Crippen LogP contribution in [0, 0.1) is 5.41 Å². The summed E-state index contributed by atoms with van der Waals surface area (Å²) in [6, 6.07) is 16.5. The fraction of sp³-hybridized carbons (Fsp3) is 0.276. The summed E-state index contributed by atoms with van der Waals surface area (Å²) in [4.78, 5) is 21.2. The predicted octanol–water partition coefficient (Wildman–Crippen LogP) is 6.97. The molecule has 0 spiro atoms. The van der Waals surface area contributed by atoms with Crippen molar-refractivity contribution in [3.05, 3.63) is 101 Å². The van der Waals surface area contributed by atoms with Gasteiger partial charge >= 0.3 is 6.18 Å². The molecule has 1 fully saturated rings. The SMILES string of the molecule is C[C@]12CSC(NC(=O)c3ccccc3)=N[C@@]1(c1cccc(/C=C(\F)c3ccc(C(F)(F)F)cn3)c1)CO[C@@H]2C(F)F. The first-order valence-electron chi connectivity index (χ1n) is 12.4. The maximum Gasteiger partial charge on any atom is 0.417 e. The molecule has 1 saturated heterocycles. The first kappa shape index (κ1) is 28.9. The Morgan fingerprint density at radius 3 is 2.54 bits per heavy atom. The fourth-order valence-corrected chi connectivity index (χ4v) is 6.26. The number of carbonyl (C=O) groups excluding carboxylic acids is 1. The molecule has 0 radical (unpaired) electrons. The van der Waals surface area contributed by atoms with Crippen LogP contribution in [-0.2, 0) is 16.5 Å². The Morgan fingerprint density at radius 1 is 1.12 bits per heavy atom. The summed E-state index contributed by atoms with van der Waals surface area (Å²) in [6.07, 6.45) is -7.22. The topological polar surface area (TPSA) is 63.6 Å². The number of rotatable bonds is 5. The number of amides is 1. The van der Waals surface area contributed by atoms with Crippen LogP contribution in [-0.4, -0.2) is 40.9 Å². The molecule has 3 heterocycles. The van der Waals surface area contributed by atoms with Gasteiger partial charge in [-0.2, -0.15) is 13.2 Å². The maximum absolute atomic E-state index is 15.0. The van der Waals surface area contributed by atoms with Crippen LogP contribution >= 0.6 is 11.8 Å². The number of carbonyl (C=O) groups is 1. The van der Waals surface area contributed by atoms with Crippen molar-refractivity contribution in [1.29, 1.82) is 0 Å². The zero-order valence-corrected chi connectivity index (χ0v) is 22.3. The van der Waals surface area contributed by atoms with Gasteiger partial charge in [0.2, 0.25) is 0 Å². The van der Waals surface area contributed by atoms with E-state index in [9.17, 15) is 26.7 Å². The second-order valence-corrected chi connectivity index (χ2v) is 10.9. The molecule has 1 N–H and O–H groups in total. The number of aliphatic imine (C=N–C) groups is 1. The minimum atomic E-state index is -4.61. The number of fused-ring (bicyclic) bond motifs is 1. The molecule has 2 aliphatic heterocycles. The smallest absolute Gasteiger partial charge is 0.369 e. The highest BCUT2D eigenvalue weighted by molar-refractivity contribution is 8.14. The Balaban J connectivity index is 1.51. The number of aromatic nitrogens is 1. The Kier molecular flexibility index (Phi) is 7.73. The Morgan fingerprint density at radius 2 is 1.88 bits per heavy atom. The molecule has 3 aromatic rings. The normalized spacial score (nSPS) is 24.6. The molecular weight excluding hydrogens is 568 g/mol. The lowest BCUT2D eigenvalue weighted by atomic mass is 9.67. The number of thioether (sulfide) groups is 1. The van der Waals surface area contributed by atoms with E-state index in [2.05, 4.69) is 10.3 Å². The number of halogens is 6. The van der Waals surface area contributed by atoms with Gasteiger partial charge in [0.25, 0.3) is 12.3 Å². The van der Waals surface area contributed by atoms with E-state index in [-0.39, 0.29) is 23.2 Å². The zero-order chi connectivity index (χ0) is 29.4. The van der Waals surface area contributed by atoms with E-state index in [1.54, 1.807) is 61.5 Å². The van der Waals surface area contributed by atoms with Crippen LogP contribution in [0.4, 0.5) is 26.3 Å². The monoisotopic (exact) mass is 591 g/mol. The highest BCUT2D eigenvalue weighted by Crippen LogP contribution is 2.57. The van der Waals surface area contributed by atoms with Crippen molar-refractivity contribution in [3.8, 4) is 0 Å². The van der Waals surface area contributed by atoms with E-state index < -0.39 is 47.0 Å². The molecule has 5 nitrogen and oxygen atoms in total. The van der Waals surface area contributed by atoms with Crippen molar-refractivity contribution in [3.63, 3.8) is 0 Å². The highest BCUT2D eigenvalue weighted by Gasteiger charge is 2.64. The lowest BCUT2D eigenvalue weighted by Crippen LogP contribution is -2.53. The molecule has 0 bridgehead atoms. The molecule has 5 rings (SSSR count). The zero-order valence-electron chi connectivity index (χ0n) is 21.5. The van der Waals surface area contributed by atoms with Gasteiger partial charge in [0.05, 0.1) is 17.9 Å². The van der Waals surface area contributed by atoms with Crippen LogP contribution < -0.4 is 5.32 Å². The quantitative estimate of drug-likeness (QED) is 0.326. The van der Waals surface area contributed by atoms with Crippen molar-refractivity contribution in [2.45, 2.75) is 31.2 Å². The van der Waals surface area contributed by atoms with Crippen molar-refractivity contribution < 1.29 is 35.9 Å².